The maximum absolute atomic E-state index is 13.5. The molecule has 5 nitrogen and oxygen atoms in total. The van der Waals surface area contributed by atoms with Crippen LogP contribution in [0.2, 0.25) is 0 Å². The van der Waals surface area contributed by atoms with Crippen molar-refractivity contribution >= 4 is 16.7 Å². The van der Waals surface area contributed by atoms with Gasteiger partial charge in [-0.25, -0.2) is 4.68 Å². The van der Waals surface area contributed by atoms with Crippen LogP contribution >= 0.6 is 0 Å². The van der Waals surface area contributed by atoms with E-state index in [1.807, 2.05) is 55.1 Å². The number of amides is 1. The maximum atomic E-state index is 13.5. The number of fused-ring (bicyclic) bond motifs is 1. The molecule has 2 aromatic carbocycles. The van der Waals surface area contributed by atoms with Gasteiger partial charge >= 0.3 is 0 Å². The van der Waals surface area contributed by atoms with Crippen LogP contribution in [0.1, 0.15) is 48.8 Å². The molecule has 1 amide bonds. The van der Waals surface area contributed by atoms with Crippen molar-refractivity contribution in [2.75, 3.05) is 6.54 Å². The van der Waals surface area contributed by atoms with E-state index in [2.05, 4.69) is 17.2 Å². The Morgan fingerprint density at radius 3 is 2.46 bits per heavy atom. The molecule has 0 radical (unpaired) electrons. The largest absolute Gasteiger partial charge is 0.330 e. The Bertz CT molecular complexity index is 1060. The summed E-state index contributed by atoms with van der Waals surface area (Å²) in [4.78, 5) is 28.3. The second kappa shape index (κ2) is 7.58. The Morgan fingerprint density at radius 2 is 1.75 bits per heavy atom. The molecule has 5 heteroatoms. The van der Waals surface area contributed by atoms with Crippen LogP contribution in [-0.2, 0) is 6.54 Å². The molecule has 0 spiro atoms. The zero-order valence-electron chi connectivity index (χ0n) is 16.3. The van der Waals surface area contributed by atoms with Gasteiger partial charge in [0.15, 0.2) is 5.69 Å². The zero-order valence-corrected chi connectivity index (χ0v) is 16.3. The Balaban J connectivity index is 1.80. The number of nitrogens with zero attached hydrogens (tertiary/aromatic N) is 3. The van der Waals surface area contributed by atoms with Crippen LogP contribution in [-0.4, -0.2) is 27.1 Å². The van der Waals surface area contributed by atoms with Gasteiger partial charge in [0.1, 0.15) is 0 Å². The fourth-order valence-electron chi connectivity index (χ4n) is 4.03. The molecule has 2 heterocycles. The summed E-state index contributed by atoms with van der Waals surface area (Å²) in [6.45, 7) is 5.27. The highest BCUT2D eigenvalue weighted by Gasteiger charge is 2.32. The van der Waals surface area contributed by atoms with Gasteiger partial charge in [-0.2, -0.15) is 5.10 Å². The van der Waals surface area contributed by atoms with Crippen LogP contribution in [0.15, 0.2) is 59.4 Å². The van der Waals surface area contributed by atoms with Crippen LogP contribution in [0.5, 0.6) is 0 Å². The summed E-state index contributed by atoms with van der Waals surface area (Å²) in [5.41, 5.74) is 1.38. The van der Waals surface area contributed by atoms with Crippen LogP contribution < -0.4 is 5.56 Å². The molecule has 3 aromatic rings. The smallest absolute Gasteiger partial charge is 0.275 e. The van der Waals surface area contributed by atoms with E-state index < -0.39 is 0 Å². The Hall–Kier alpha value is -2.95. The molecule has 0 saturated carbocycles. The van der Waals surface area contributed by atoms with Crippen molar-refractivity contribution in [3.63, 3.8) is 0 Å². The third-order valence-corrected chi connectivity index (χ3v) is 5.31. The molecule has 1 fully saturated rings. The average molecular weight is 375 g/mol. The molecule has 1 atom stereocenters. The number of carbonyl (C=O) groups is 1. The quantitative estimate of drug-likeness (QED) is 0.692. The van der Waals surface area contributed by atoms with E-state index in [-0.39, 0.29) is 23.4 Å². The minimum absolute atomic E-state index is 0.0553. The predicted octanol–water partition coefficient (Wildman–Crippen LogP) is 4.03. The van der Waals surface area contributed by atoms with Crippen LogP contribution in [0.25, 0.3) is 10.8 Å². The first-order chi connectivity index (χ1) is 13.6. The van der Waals surface area contributed by atoms with Crippen LogP contribution in [0.4, 0.5) is 0 Å². The van der Waals surface area contributed by atoms with E-state index >= 15 is 0 Å². The normalized spacial score (nSPS) is 16.8. The molecule has 0 aliphatic carbocycles. The second-order valence-corrected chi connectivity index (χ2v) is 7.84. The number of rotatable bonds is 4. The SMILES string of the molecule is CC(C)Cn1nc(C(=O)N2CCCC2c2ccccc2)c2ccccc2c1=O. The molecule has 0 N–H and O–H groups in total. The number of benzene rings is 2. The fourth-order valence-corrected chi connectivity index (χ4v) is 4.03. The zero-order chi connectivity index (χ0) is 19.7. The fraction of sp³-hybridized carbons (Fsp3) is 0.348. The van der Waals surface area contributed by atoms with Gasteiger partial charge < -0.3 is 4.90 Å². The summed E-state index contributed by atoms with van der Waals surface area (Å²) in [6, 6.07) is 17.5. The first kappa shape index (κ1) is 18.4. The maximum Gasteiger partial charge on any atom is 0.275 e. The molecule has 28 heavy (non-hydrogen) atoms. The van der Waals surface area contributed by atoms with E-state index in [4.69, 9.17) is 0 Å². The minimum Gasteiger partial charge on any atom is -0.330 e. The first-order valence-corrected chi connectivity index (χ1v) is 9.92. The lowest BCUT2D eigenvalue weighted by molar-refractivity contribution is 0.0729. The summed E-state index contributed by atoms with van der Waals surface area (Å²) in [5, 5.41) is 5.71. The molecule has 1 aliphatic rings. The van der Waals surface area contributed by atoms with Gasteiger partial charge in [-0.15, -0.1) is 0 Å². The molecule has 1 aliphatic heterocycles. The van der Waals surface area contributed by atoms with Gasteiger partial charge in [-0.3, -0.25) is 9.59 Å². The van der Waals surface area contributed by atoms with E-state index in [0.29, 0.717) is 29.6 Å². The van der Waals surface area contributed by atoms with E-state index in [0.717, 1.165) is 18.4 Å². The Labute approximate surface area is 164 Å². The standard InChI is InChI=1S/C23H25N3O2/c1-16(2)15-26-22(27)19-12-7-6-11-18(19)21(24-26)23(28)25-14-8-13-20(25)17-9-4-3-5-10-17/h3-7,9-12,16,20H,8,13-15H2,1-2H3. The molecular weight excluding hydrogens is 350 g/mol. The second-order valence-electron chi connectivity index (χ2n) is 7.84. The van der Waals surface area contributed by atoms with Crippen LogP contribution in [0, 0.1) is 5.92 Å². The van der Waals surface area contributed by atoms with Crippen molar-refractivity contribution in [3.05, 3.63) is 76.2 Å². The van der Waals surface area contributed by atoms with Crippen molar-refractivity contribution in [2.24, 2.45) is 5.92 Å². The minimum atomic E-state index is -0.137. The molecule has 1 saturated heterocycles. The van der Waals surface area contributed by atoms with Crippen molar-refractivity contribution in [1.29, 1.82) is 0 Å². The van der Waals surface area contributed by atoms with Crippen LogP contribution in [0.3, 0.4) is 0 Å². The van der Waals surface area contributed by atoms with E-state index in [1.54, 1.807) is 6.07 Å². The van der Waals surface area contributed by atoms with Crippen molar-refractivity contribution < 1.29 is 4.79 Å². The van der Waals surface area contributed by atoms with Gasteiger partial charge in [0.05, 0.1) is 11.4 Å². The van der Waals surface area contributed by atoms with E-state index in [1.165, 1.54) is 4.68 Å². The third-order valence-electron chi connectivity index (χ3n) is 5.31. The third kappa shape index (κ3) is 3.33. The number of hydrogen-bond acceptors (Lipinski definition) is 3. The average Bonchev–Trinajstić information content (AvgIpc) is 3.20. The first-order valence-electron chi connectivity index (χ1n) is 9.92. The Kier molecular flexibility index (Phi) is 4.99. The lowest BCUT2D eigenvalue weighted by atomic mass is 10.0. The number of likely N-dealkylation sites (tertiary alicyclic amines) is 1. The lowest BCUT2D eigenvalue weighted by Gasteiger charge is -2.25. The molecule has 0 bridgehead atoms. The number of carbonyl (C=O) groups excluding carboxylic acids is 1. The molecular formula is C23H25N3O2. The van der Waals surface area contributed by atoms with Gasteiger partial charge in [-0.05, 0) is 30.4 Å². The topological polar surface area (TPSA) is 55.2 Å². The summed E-state index contributed by atoms with van der Waals surface area (Å²) in [5.74, 6) is 0.165. The van der Waals surface area contributed by atoms with Crippen molar-refractivity contribution in [1.82, 2.24) is 14.7 Å². The molecule has 1 aromatic heterocycles. The summed E-state index contributed by atoms with van der Waals surface area (Å²) in [7, 11) is 0. The number of hydrogen-bond donors (Lipinski definition) is 0. The lowest BCUT2D eigenvalue weighted by Crippen LogP contribution is -2.34. The summed E-state index contributed by atoms with van der Waals surface area (Å²) < 4.78 is 1.45. The summed E-state index contributed by atoms with van der Waals surface area (Å²) >= 11 is 0. The van der Waals surface area contributed by atoms with Gasteiger partial charge in [0, 0.05) is 18.5 Å². The van der Waals surface area contributed by atoms with Gasteiger partial charge in [0.2, 0.25) is 0 Å². The Morgan fingerprint density at radius 1 is 1.07 bits per heavy atom. The molecule has 4 rings (SSSR count). The van der Waals surface area contributed by atoms with E-state index in [9.17, 15) is 9.59 Å². The highest BCUT2D eigenvalue weighted by molar-refractivity contribution is 6.05. The van der Waals surface area contributed by atoms with Gasteiger partial charge in [0.25, 0.3) is 11.5 Å². The monoisotopic (exact) mass is 375 g/mol. The van der Waals surface area contributed by atoms with Crippen molar-refractivity contribution in [3.8, 4) is 0 Å². The highest BCUT2D eigenvalue weighted by Crippen LogP contribution is 2.33. The summed E-state index contributed by atoms with van der Waals surface area (Å²) in [6.07, 6.45) is 1.91. The van der Waals surface area contributed by atoms with Gasteiger partial charge in [-0.1, -0.05) is 62.4 Å². The highest BCUT2D eigenvalue weighted by atomic mass is 16.2. The molecule has 1 unspecified atom stereocenters. The predicted molar refractivity (Wildman–Crippen MR) is 110 cm³/mol. The van der Waals surface area contributed by atoms with Crippen molar-refractivity contribution in [2.45, 2.75) is 39.3 Å². The molecule has 144 valence electrons. The number of aromatic nitrogens is 2.